The number of piperazine rings is 1. The van der Waals surface area contributed by atoms with E-state index >= 15 is 0 Å². The summed E-state index contributed by atoms with van der Waals surface area (Å²) in [4.78, 5) is 2.95. The molecule has 1 spiro atoms. The van der Waals surface area contributed by atoms with Crippen LogP contribution in [0.3, 0.4) is 0 Å². The molecule has 2 saturated carbocycles. The molecule has 1 heterocycles. The van der Waals surface area contributed by atoms with Gasteiger partial charge in [-0.2, -0.15) is 0 Å². The Hall–Kier alpha value is -0.0800. The van der Waals surface area contributed by atoms with E-state index < -0.39 is 0 Å². The van der Waals surface area contributed by atoms with E-state index in [-0.39, 0.29) is 0 Å². The summed E-state index contributed by atoms with van der Waals surface area (Å²) in [5.74, 6) is 1.84. The molecule has 20 heavy (non-hydrogen) atoms. The van der Waals surface area contributed by atoms with Gasteiger partial charge in [-0.3, -0.25) is 4.90 Å². The summed E-state index contributed by atoms with van der Waals surface area (Å²) < 4.78 is 0. The minimum absolute atomic E-state index is 0.526. The molecular formula is C18H34N2. The molecular weight excluding hydrogens is 244 g/mol. The van der Waals surface area contributed by atoms with E-state index in [1.54, 1.807) is 0 Å². The molecule has 0 amide bonds. The third-order valence-electron chi connectivity index (χ3n) is 6.60. The van der Waals surface area contributed by atoms with Gasteiger partial charge in [0.25, 0.3) is 0 Å². The van der Waals surface area contributed by atoms with Gasteiger partial charge in [-0.1, -0.05) is 46.0 Å². The molecule has 2 aliphatic carbocycles. The fourth-order valence-electron chi connectivity index (χ4n) is 4.55. The quantitative estimate of drug-likeness (QED) is 0.841. The van der Waals surface area contributed by atoms with Crippen LogP contribution in [0.25, 0.3) is 0 Å². The Bertz CT molecular complexity index is 305. The summed E-state index contributed by atoms with van der Waals surface area (Å²) in [5, 5.41) is 3.93. The highest BCUT2D eigenvalue weighted by Gasteiger charge is 2.43. The monoisotopic (exact) mass is 278 g/mol. The molecule has 2 nitrogen and oxygen atoms in total. The van der Waals surface area contributed by atoms with Gasteiger partial charge in [0.2, 0.25) is 0 Å². The van der Waals surface area contributed by atoms with Crippen molar-refractivity contribution < 1.29 is 0 Å². The molecule has 3 aliphatic rings. The SMILES string of the molecule is CCC(C)C1CN(CC2CCC2)C2(CCCCC2)CN1. The van der Waals surface area contributed by atoms with Gasteiger partial charge in [0.05, 0.1) is 0 Å². The first-order valence-corrected chi connectivity index (χ1v) is 9.22. The van der Waals surface area contributed by atoms with Gasteiger partial charge >= 0.3 is 0 Å². The molecule has 1 aliphatic heterocycles. The zero-order valence-corrected chi connectivity index (χ0v) is 13.7. The Kier molecular flexibility index (Phi) is 4.72. The first-order valence-electron chi connectivity index (χ1n) is 9.22. The summed E-state index contributed by atoms with van der Waals surface area (Å²) >= 11 is 0. The van der Waals surface area contributed by atoms with Crippen molar-refractivity contribution in [3.05, 3.63) is 0 Å². The van der Waals surface area contributed by atoms with Crippen molar-refractivity contribution in [2.45, 2.75) is 83.2 Å². The average Bonchev–Trinajstić information content (AvgIpc) is 2.44. The maximum atomic E-state index is 3.93. The summed E-state index contributed by atoms with van der Waals surface area (Å²) in [6, 6.07) is 0.729. The fraction of sp³-hybridized carbons (Fsp3) is 1.00. The number of rotatable bonds is 4. The van der Waals surface area contributed by atoms with E-state index in [0.29, 0.717) is 5.54 Å². The van der Waals surface area contributed by atoms with Crippen LogP contribution in [0.15, 0.2) is 0 Å². The standard InChI is InChI=1S/C18H34N2/c1-3-15(2)17-13-20(12-16-8-7-9-16)18(14-19-17)10-5-4-6-11-18/h15-17,19H,3-14H2,1-2H3. The summed E-state index contributed by atoms with van der Waals surface area (Å²) in [7, 11) is 0. The zero-order chi connectivity index (χ0) is 14.0. The second kappa shape index (κ2) is 6.36. The van der Waals surface area contributed by atoms with Crippen LogP contribution in [0.2, 0.25) is 0 Å². The van der Waals surface area contributed by atoms with Gasteiger partial charge < -0.3 is 5.32 Å². The predicted octanol–water partition coefficient (Wildman–Crippen LogP) is 3.81. The molecule has 2 unspecified atom stereocenters. The third-order valence-corrected chi connectivity index (χ3v) is 6.60. The van der Waals surface area contributed by atoms with Crippen molar-refractivity contribution in [3.63, 3.8) is 0 Å². The minimum atomic E-state index is 0.526. The average molecular weight is 278 g/mol. The maximum Gasteiger partial charge on any atom is 0.0334 e. The van der Waals surface area contributed by atoms with Crippen molar-refractivity contribution in [1.82, 2.24) is 10.2 Å². The van der Waals surface area contributed by atoms with E-state index in [0.717, 1.165) is 17.9 Å². The normalized spacial score (nSPS) is 33.0. The maximum absolute atomic E-state index is 3.93. The molecule has 0 bridgehead atoms. The second-order valence-corrected chi connectivity index (χ2v) is 7.86. The van der Waals surface area contributed by atoms with Crippen LogP contribution >= 0.6 is 0 Å². The van der Waals surface area contributed by atoms with Gasteiger partial charge in [0.15, 0.2) is 0 Å². The van der Waals surface area contributed by atoms with E-state index in [4.69, 9.17) is 0 Å². The topological polar surface area (TPSA) is 15.3 Å². The predicted molar refractivity (Wildman–Crippen MR) is 86.0 cm³/mol. The Balaban J connectivity index is 1.68. The highest BCUT2D eigenvalue weighted by atomic mass is 15.3. The van der Waals surface area contributed by atoms with Crippen LogP contribution in [-0.4, -0.2) is 36.1 Å². The number of nitrogens with one attached hydrogen (secondary N) is 1. The van der Waals surface area contributed by atoms with Crippen molar-refractivity contribution in [2.75, 3.05) is 19.6 Å². The molecule has 2 atom stereocenters. The molecule has 3 fully saturated rings. The molecule has 0 radical (unpaired) electrons. The van der Waals surface area contributed by atoms with Crippen molar-refractivity contribution in [2.24, 2.45) is 11.8 Å². The lowest BCUT2D eigenvalue weighted by atomic mass is 9.75. The molecule has 116 valence electrons. The van der Waals surface area contributed by atoms with Gasteiger partial charge in [-0.15, -0.1) is 0 Å². The van der Waals surface area contributed by atoms with Gasteiger partial charge in [-0.25, -0.2) is 0 Å². The number of nitrogens with zero attached hydrogens (tertiary/aromatic N) is 1. The van der Waals surface area contributed by atoms with Gasteiger partial charge in [-0.05, 0) is 37.5 Å². The van der Waals surface area contributed by atoms with Crippen LogP contribution in [0.5, 0.6) is 0 Å². The second-order valence-electron chi connectivity index (χ2n) is 7.86. The van der Waals surface area contributed by atoms with Gasteiger partial charge in [0, 0.05) is 31.2 Å². The van der Waals surface area contributed by atoms with E-state index in [2.05, 4.69) is 24.1 Å². The molecule has 1 saturated heterocycles. The zero-order valence-electron chi connectivity index (χ0n) is 13.7. The van der Waals surface area contributed by atoms with Crippen molar-refractivity contribution >= 4 is 0 Å². The smallest absolute Gasteiger partial charge is 0.0334 e. The highest BCUT2D eigenvalue weighted by Crippen LogP contribution is 2.38. The summed E-state index contributed by atoms with van der Waals surface area (Å²) in [5.41, 5.74) is 0.526. The Morgan fingerprint density at radius 1 is 1.15 bits per heavy atom. The largest absolute Gasteiger partial charge is 0.311 e. The third kappa shape index (κ3) is 2.92. The van der Waals surface area contributed by atoms with Crippen molar-refractivity contribution in [1.29, 1.82) is 0 Å². The van der Waals surface area contributed by atoms with Crippen LogP contribution in [0, 0.1) is 11.8 Å². The Labute approximate surface area is 125 Å². The molecule has 1 N–H and O–H groups in total. The van der Waals surface area contributed by atoms with Crippen LogP contribution in [0.1, 0.15) is 71.6 Å². The van der Waals surface area contributed by atoms with Gasteiger partial charge in [0.1, 0.15) is 0 Å². The van der Waals surface area contributed by atoms with Crippen molar-refractivity contribution in [3.8, 4) is 0 Å². The first-order chi connectivity index (χ1) is 9.73. The number of hydrogen-bond donors (Lipinski definition) is 1. The lowest BCUT2D eigenvalue weighted by molar-refractivity contribution is -0.0180. The van der Waals surface area contributed by atoms with Crippen LogP contribution < -0.4 is 5.32 Å². The summed E-state index contributed by atoms with van der Waals surface area (Å²) in [6.07, 6.45) is 13.0. The molecule has 2 heteroatoms. The number of hydrogen-bond acceptors (Lipinski definition) is 2. The van der Waals surface area contributed by atoms with E-state index in [9.17, 15) is 0 Å². The Morgan fingerprint density at radius 3 is 2.50 bits per heavy atom. The van der Waals surface area contributed by atoms with E-state index in [1.165, 1.54) is 77.4 Å². The fourth-order valence-corrected chi connectivity index (χ4v) is 4.55. The highest BCUT2D eigenvalue weighted by molar-refractivity contribution is 5.02. The lowest BCUT2D eigenvalue weighted by Crippen LogP contribution is -2.67. The molecule has 3 rings (SSSR count). The van der Waals surface area contributed by atoms with Crippen LogP contribution in [-0.2, 0) is 0 Å². The summed E-state index contributed by atoms with van der Waals surface area (Å²) in [6.45, 7) is 8.74. The van der Waals surface area contributed by atoms with Crippen LogP contribution in [0.4, 0.5) is 0 Å². The molecule has 0 aromatic carbocycles. The van der Waals surface area contributed by atoms with E-state index in [1.807, 2.05) is 0 Å². The first kappa shape index (κ1) is 14.8. The minimum Gasteiger partial charge on any atom is -0.311 e. The molecule has 0 aromatic rings. The lowest BCUT2D eigenvalue weighted by Gasteiger charge is -2.54. The molecule has 0 aromatic heterocycles. The Morgan fingerprint density at radius 2 is 1.90 bits per heavy atom.